The number of hydrogen-bond acceptors (Lipinski definition) is 11. The molecule has 0 unspecified atom stereocenters. The van der Waals surface area contributed by atoms with Gasteiger partial charge in [-0.05, 0) is 146 Å². The Labute approximate surface area is 304 Å². The molecule has 7 heterocycles. The van der Waals surface area contributed by atoms with Crippen molar-refractivity contribution >= 4 is 79.4 Å². The zero-order valence-corrected chi connectivity index (χ0v) is 31.5. The van der Waals surface area contributed by atoms with Gasteiger partial charge in [-0.2, -0.15) is 0 Å². The van der Waals surface area contributed by atoms with Crippen molar-refractivity contribution in [3.05, 3.63) is 93.7 Å². The summed E-state index contributed by atoms with van der Waals surface area (Å²) in [6.07, 6.45) is 3.56. The van der Waals surface area contributed by atoms with Crippen LogP contribution in [0.15, 0.2) is 71.4 Å². The molecule has 7 rings (SSSR count). The molecule has 0 saturated heterocycles. The summed E-state index contributed by atoms with van der Waals surface area (Å²) in [6.45, 7) is 2.61. The maximum atomic E-state index is 6.10. The van der Waals surface area contributed by atoms with Crippen molar-refractivity contribution in [2.75, 3.05) is 26.2 Å². The lowest BCUT2D eigenvalue weighted by molar-refractivity contribution is 0.976. The van der Waals surface area contributed by atoms with Crippen LogP contribution in [0.5, 0.6) is 0 Å². The van der Waals surface area contributed by atoms with Crippen molar-refractivity contribution < 1.29 is 0 Å². The minimum atomic E-state index is 0.635. The van der Waals surface area contributed by atoms with Crippen LogP contribution in [0.2, 0.25) is 0 Å². The summed E-state index contributed by atoms with van der Waals surface area (Å²) in [7, 11) is 0. The number of thiophene rings is 7. The van der Waals surface area contributed by atoms with E-state index in [1.807, 2.05) is 56.7 Å². The van der Waals surface area contributed by atoms with Gasteiger partial charge >= 0.3 is 0 Å². The van der Waals surface area contributed by atoms with Gasteiger partial charge < -0.3 is 22.9 Å². The summed E-state index contributed by atoms with van der Waals surface area (Å²) in [5.41, 5.74) is 29.3. The van der Waals surface area contributed by atoms with Crippen LogP contribution in [-0.4, -0.2) is 26.2 Å². The Bertz CT molecular complexity index is 1930. The summed E-state index contributed by atoms with van der Waals surface area (Å²) in [5, 5.41) is 4.35. The lowest BCUT2D eigenvalue weighted by Gasteiger charge is -2.00. The smallest absolute Gasteiger partial charge is 0.0482 e. The molecule has 0 radical (unpaired) electrons. The highest BCUT2D eigenvalue weighted by atomic mass is 32.1. The number of rotatable bonds is 14. The van der Waals surface area contributed by atoms with Gasteiger partial charge in [-0.3, -0.25) is 0 Å². The fourth-order valence-electron chi connectivity index (χ4n) is 5.78. The van der Waals surface area contributed by atoms with E-state index in [1.54, 1.807) is 22.7 Å². The van der Waals surface area contributed by atoms with E-state index in [-0.39, 0.29) is 0 Å². The van der Waals surface area contributed by atoms with Gasteiger partial charge in [0.1, 0.15) is 0 Å². The van der Waals surface area contributed by atoms with Gasteiger partial charge in [-0.25, -0.2) is 0 Å². The molecule has 0 amide bonds. The zero-order chi connectivity index (χ0) is 32.3. The van der Waals surface area contributed by atoms with E-state index in [2.05, 4.69) is 71.4 Å². The van der Waals surface area contributed by atoms with Crippen molar-refractivity contribution in [2.24, 2.45) is 22.9 Å². The molecule has 0 aliphatic carbocycles. The topological polar surface area (TPSA) is 104 Å². The monoisotopic (exact) mass is 748 g/mol. The molecule has 0 aliphatic heterocycles. The van der Waals surface area contributed by atoms with Crippen molar-refractivity contribution in [3.8, 4) is 58.5 Å². The maximum absolute atomic E-state index is 6.10. The van der Waals surface area contributed by atoms with E-state index in [4.69, 9.17) is 22.9 Å². The Morgan fingerprint density at radius 1 is 0.340 bits per heavy atom. The average Bonchev–Trinajstić information content (AvgIpc) is 3.90. The highest BCUT2D eigenvalue weighted by Gasteiger charge is 2.20. The molecule has 0 aliphatic rings. The Balaban J connectivity index is 1.18. The molecular weight excluding hydrogens is 713 g/mol. The Hall–Kier alpha value is -2.26. The molecule has 7 aromatic rings. The molecule has 11 heteroatoms. The van der Waals surface area contributed by atoms with Crippen LogP contribution in [-0.2, 0) is 25.7 Å². The Morgan fingerprint density at radius 3 is 1.09 bits per heavy atom. The summed E-state index contributed by atoms with van der Waals surface area (Å²) < 4.78 is 0. The van der Waals surface area contributed by atoms with Crippen LogP contribution in [0.1, 0.15) is 22.3 Å². The maximum Gasteiger partial charge on any atom is 0.0482 e. The van der Waals surface area contributed by atoms with Crippen LogP contribution in [0.3, 0.4) is 0 Å². The average molecular weight is 749 g/mol. The molecule has 0 bridgehead atoms. The van der Waals surface area contributed by atoms with Gasteiger partial charge in [0.2, 0.25) is 0 Å². The Morgan fingerprint density at radius 2 is 0.681 bits per heavy atom. The summed E-state index contributed by atoms with van der Waals surface area (Å²) in [5.74, 6) is 0. The van der Waals surface area contributed by atoms with E-state index in [0.29, 0.717) is 26.2 Å². The predicted octanol–water partition coefficient (Wildman–Crippen LogP) is 10.1. The third-order valence-electron chi connectivity index (χ3n) is 7.97. The fourth-order valence-corrected chi connectivity index (χ4v) is 13.9. The first kappa shape index (κ1) is 33.2. The largest absolute Gasteiger partial charge is 0.330 e. The summed E-state index contributed by atoms with van der Waals surface area (Å²) >= 11 is 13.0. The van der Waals surface area contributed by atoms with Crippen LogP contribution in [0.4, 0.5) is 0 Å². The lowest BCUT2D eigenvalue weighted by atomic mass is 10.1. The first-order chi connectivity index (χ1) is 23.1. The van der Waals surface area contributed by atoms with Crippen molar-refractivity contribution in [1.82, 2.24) is 0 Å². The molecule has 47 heavy (non-hydrogen) atoms. The minimum Gasteiger partial charge on any atom is -0.330 e. The summed E-state index contributed by atoms with van der Waals surface area (Å²) in [4.78, 5) is 15.8. The fraction of sp³-hybridized carbons (Fsp3) is 0.222. The molecule has 8 N–H and O–H groups in total. The van der Waals surface area contributed by atoms with Gasteiger partial charge in [0.15, 0.2) is 0 Å². The van der Waals surface area contributed by atoms with E-state index in [9.17, 15) is 0 Å². The predicted molar refractivity (Wildman–Crippen MR) is 215 cm³/mol. The SMILES string of the molecule is NCCc1ccsc1-c1ccc(-c2sc(-c3ccc(-c4cc(CCN)c(-c5ccc(-c6sccc6CCN)s5)s4)s3)cc2CCN)s1. The second kappa shape index (κ2) is 15.1. The standard InChI is InChI=1S/C36H36N4S7/c37-13-7-21-11-17-41-33(21)27-3-5-29(44-27)35-23(9-15-39)19-31(46-35)25-1-2-26(43-25)32-20-24(10-16-40)36(47-32)30-6-4-28(45-30)34-22(8-14-38)12-18-42-34/h1-6,11-12,17-20H,7-10,13-16,37-40H2. The molecular formula is C36H36N4S7. The zero-order valence-electron chi connectivity index (χ0n) is 25.8. The van der Waals surface area contributed by atoms with Crippen LogP contribution < -0.4 is 22.9 Å². The van der Waals surface area contributed by atoms with E-state index in [1.165, 1.54) is 80.8 Å². The van der Waals surface area contributed by atoms with Crippen molar-refractivity contribution in [1.29, 1.82) is 0 Å². The highest BCUT2D eigenvalue weighted by Crippen LogP contribution is 2.49. The van der Waals surface area contributed by atoms with Gasteiger partial charge in [0, 0.05) is 58.5 Å². The van der Waals surface area contributed by atoms with Crippen molar-refractivity contribution in [3.63, 3.8) is 0 Å². The molecule has 0 aromatic carbocycles. The van der Waals surface area contributed by atoms with Gasteiger partial charge in [0.05, 0.1) is 0 Å². The van der Waals surface area contributed by atoms with Crippen LogP contribution in [0.25, 0.3) is 58.5 Å². The molecule has 0 saturated carbocycles. The first-order valence-corrected chi connectivity index (χ1v) is 21.4. The normalized spacial score (nSPS) is 11.7. The molecule has 4 nitrogen and oxygen atoms in total. The number of nitrogens with two attached hydrogens (primary N) is 4. The van der Waals surface area contributed by atoms with Gasteiger partial charge in [0.25, 0.3) is 0 Å². The third kappa shape index (κ3) is 6.95. The third-order valence-corrected chi connectivity index (χ3v) is 16.6. The highest BCUT2D eigenvalue weighted by molar-refractivity contribution is 7.31. The molecule has 7 aromatic heterocycles. The molecule has 0 spiro atoms. The van der Waals surface area contributed by atoms with E-state index in [0.717, 1.165) is 25.7 Å². The van der Waals surface area contributed by atoms with Gasteiger partial charge in [-0.1, -0.05) is 0 Å². The Kier molecular flexibility index (Phi) is 10.7. The van der Waals surface area contributed by atoms with Crippen LogP contribution in [0, 0.1) is 0 Å². The molecule has 242 valence electrons. The molecule has 0 atom stereocenters. The molecule has 0 fully saturated rings. The summed E-state index contributed by atoms with van der Waals surface area (Å²) in [6, 6.07) is 22.8. The number of hydrogen-bond donors (Lipinski definition) is 4. The van der Waals surface area contributed by atoms with Gasteiger partial charge in [-0.15, -0.1) is 79.4 Å². The van der Waals surface area contributed by atoms with Crippen LogP contribution >= 0.6 is 79.4 Å². The van der Waals surface area contributed by atoms with E-state index < -0.39 is 0 Å². The lowest BCUT2D eigenvalue weighted by Crippen LogP contribution is -2.02. The first-order valence-electron chi connectivity index (χ1n) is 15.6. The minimum absolute atomic E-state index is 0.635. The second-order valence-corrected chi connectivity index (χ2v) is 18.3. The quantitative estimate of drug-likeness (QED) is 0.0889. The van der Waals surface area contributed by atoms with E-state index >= 15 is 0 Å². The van der Waals surface area contributed by atoms with Crippen molar-refractivity contribution in [2.45, 2.75) is 25.7 Å². The second-order valence-electron chi connectivity index (χ2n) is 11.1.